The second-order valence-corrected chi connectivity index (χ2v) is 7.57. The molecule has 1 saturated heterocycles. The molecular formula is C15H23NO2S. The molecule has 3 atom stereocenters. The monoisotopic (exact) mass is 281 g/mol. The number of benzene rings is 1. The first-order valence-corrected chi connectivity index (χ1v) is 7.98. The highest BCUT2D eigenvalue weighted by molar-refractivity contribution is 7.93. The van der Waals surface area contributed by atoms with Crippen LogP contribution in [0.15, 0.2) is 24.3 Å². The summed E-state index contributed by atoms with van der Waals surface area (Å²) in [6.45, 7) is 5.95. The molecule has 1 heterocycles. The third kappa shape index (κ3) is 2.62. The summed E-state index contributed by atoms with van der Waals surface area (Å²) in [6, 6.07) is 8.04. The Balaban J connectivity index is 2.45. The lowest BCUT2D eigenvalue weighted by atomic mass is 9.94. The number of hydrogen-bond acceptors (Lipinski definition) is 3. The van der Waals surface area contributed by atoms with E-state index in [0.717, 1.165) is 30.8 Å². The van der Waals surface area contributed by atoms with Crippen molar-refractivity contribution in [3.05, 3.63) is 29.8 Å². The minimum Gasteiger partial charge on any atom is -0.615 e. The van der Waals surface area contributed by atoms with Crippen molar-refractivity contribution in [2.75, 3.05) is 27.2 Å². The van der Waals surface area contributed by atoms with E-state index in [1.807, 2.05) is 18.2 Å². The van der Waals surface area contributed by atoms with Crippen LogP contribution < -0.4 is 4.74 Å². The van der Waals surface area contributed by atoms with Crippen molar-refractivity contribution in [3.8, 4) is 5.75 Å². The third-order valence-corrected chi connectivity index (χ3v) is 6.32. The Hall–Kier alpha value is -0.710. The number of hydrogen-bond donors (Lipinski definition) is 0. The van der Waals surface area contributed by atoms with E-state index in [-0.39, 0.29) is 10.00 Å². The number of likely N-dealkylation sites (N-methyl/N-ethyl adjacent to an activating group) is 1. The fraction of sp³-hybridized carbons (Fsp3) is 0.600. The first-order valence-electron chi connectivity index (χ1n) is 6.77. The summed E-state index contributed by atoms with van der Waals surface area (Å²) in [4.78, 5) is 2.29. The van der Waals surface area contributed by atoms with Crippen LogP contribution in [-0.2, 0) is 15.9 Å². The Morgan fingerprint density at radius 1 is 1.53 bits per heavy atom. The average Bonchev–Trinajstić information content (AvgIpc) is 2.43. The first kappa shape index (κ1) is 14.7. The Morgan fingerprint density at radius 3 is 2.89 bits per heavy atom. The van der Waals surface area contributed by atoms with Gasteiger partial charge >= 0.3 is 0 Å². The van der Waals surface area contributed by atoms with E-state index >= 15 is 0 Å². The van der Waals surface area contributed by atoms with Crippen molar-refractivity contribution < 1.29 is 9.29 Å². The highest BCUT2D eigenvalue weighted by Gasteiger charge is 2.49. The maximum atomic E-state index is 12.9. The van der Waals surface area contributed by atoms with Gasteiger partial charge in [-0.2, -0.15) is 0 Å². The Bertz CT molecular complexity index is 440. The average molecular weight is 281 g/mol. The predicted molar refractivity (Wildman–Crippen MR) is 80.1 cm³/mol. The van der Waals surface area contributed by atoms with Gasteiger partial charge in [0, 0.05) is 18.5 Å². The van der Waals surface area contributed by atoms with Crippen LogP contribution in [0.3, 0.4) is 0 Å². The molecule has 0 aliphatic carbocycles. The fourth-order valence-electron chi connectivity index (χ4n) is 3.03. The molecule has 19 heavy (non-hydrogen) atoms. The van der Waals surface area contributed by atoms with Crippen molar-refractivity contribution in [1.29, 1.82) is 0 Å². The van der Waals surface area contributed by atoms with Gasteiger partial charge in [-0.05, 0) is 37.3 Å². The molecule has 0 spiro atoms. The first-order chi connectivity index (χ1) is 9.03. The molecule has 0 amide bonds. The van der Waals surface area contributed by atoms with E-state index in [2.05, 4.69) is 31.9 Å². The summed E-state index contributed by atoms with van der Waals surface area (Å²) in [6.07, 6.45) is 0.876. The normalized spacial score (nSPS) is 32.3. The van der Waals surface area contributed by atoms with Gasteiger partial charge in [-0.25, -0.2) is 0 Å². The highest BCUT2D eigenvalue weighted by atomic mass is 32.2. The van der Waals surface area contributed by atoms with E-state index in [0.29, 0.717) is 0 Å². The van der Waals surface area contributed by atoms with Crippen molar-refractivity contribution in [2.24, 2.45) is 0 Å². The van der Waals surface area contributed by atoms with E-state index in [1.165, 1.54) is 0 Å². The molecule has 1 aromatic carbocycles. The van der Waals surface area contributed by atoms with Crippen LogP contribution in [-0.4, -0.2) is 41.9 Å². The van der Waals surface area contributed by atoms with Crippen LogP contribution in [0.1, 0.15) is 25.8 Å². The molecule has 2 rings (SSSR count). The molecule has 1 aromatic rings. The molecule has 106 valence electrons. The van der Waals surface area contributed by atoms with Gasteiger partial charge in [0.25, 0.3) is 0 Å². The number of nitrogens with zero attached hydrogens (tertiary/aromatic N) is 1. The smallest absolute Gasteiger partial charge is 0.163 e. The van der Waals surface area contributed by atoms with Gasteiger partial charge in [0.1, 0.15) is 11.0 Å². The minimum absolute atomic E-state index is 0.199. The summed E-state index contributed by atoms with van der Waals surface area (Å²) in [5, 5.41) is 0.199. The molecule has 1 aliphatic heterocycles. The highest BCUT2D eigenvalue weighted by Crippen LogP contribution is 2.41. The van der Waals surface area contributed by atoms with Crippen LogP contribution in [0.2, 0.25) is 0 Å². The largest absolute Gasteiger partial charge is 0.615 e. The van der Waals surface area contributed by atoms with Crippen LogP contribution in [0, 0.1) is 0 Å². The van der Waals surface area contributed by atoms with Gasteiger partial charge in [0.2, 0.25) is 0 Å². The molecule has 0 aromatic heterocycles. The minimum atomic E-state index is -0.861. The van der Waals surface area contributed by atoms with Gasteiger partial charge < -0.3 is 9.29 Å². The lowest BCUT2D eigenvalue weighted by Gasteiger charge is -2.45. The van der Waals surface area contributed by atoms with Gasteiger partial charge in [0.05, 0.1) is 13.7 Å². The maximum absolute atomic E-state index is 12.9. The van der Waals surface area contributed by atoms with E-state index in [4.69, 9.17) is 4.74 Å². The van der Waals surface area contributed by atoms with Gasteiger partial charge in [-0.15, -0.1) is 0 Å². The molecule has 0 saturated carbocycles. The maximum Gasteiger partial charge on any atom is 0.163 e. The van der Waals surface area contributed by atoms with Crippen LogP contribution >= 0.6 is 0 Å². The Morgan fingerprint density at radius 2 is 2.26 bits per heavy atom. The van der Waals surface area contributed by atoms with Gasteiger partial charge in [-0.3, -0.25) is 4.90 Å². The quantitative estimate of drug-likeness (QED) is 0.798. The molecule has 0 bridgehead atoms. The number of rotatable bonds is 3. The zero-order valence-corrected chi connectivity index (χ0v) is 13.0. The third-order valence-electron chi connectivity index (χ3n) is 4.01. The zero-order valence-electron chi connectivity index (χ0n) is 12.2. The second kappa shape index (κ2) is 5.73. The molecular weight excluding hydrogens is 258 g/mol. The van der Waals surface area contributed by atoms with Crippen molar-refractivity contribution in [3.63, 3.8) is 0 Å². The molecule has 0 N–H and O–H groups in total. The summed E-state index contributed by atoms with van der Waals surface area (Å²) >= 11 is -0.861. The molecule has 4 heteroatoms. The van der Waals surface area contributed by atoms with Crippen molar-refractivity contribution in [2.45, 2.75) is 30.3 Å². The molecule has 0 unspecified atom stereocenters. The number of ether oxygens (including phenoxy) is 1. The van der Waals surface area contributed by atoms with Crippen molar-refractivity contribution in [1.82, 2.24) is 4.90 Å². The topological polar surface area (TPSA) is 35.5 Å². The van der Waals surface area contributed by atoms with E-state index in [1.54, 1.807) is 7.11 Å². The summed E-state index contributed by atoms with van der Waals surface area (Å²) in [5.41, 5.74) is 1.13. The number of methoxy groups -OCH3 is 1. The standard InChI is InChI=1S/C15H23NO2S/c1-5-15(11-16(3)10-12(2)19(15)17)13-7-6-8-14(9-13)18-4/h6-9,12H,5,10-11H2,1-4H3/t12-,15+,19-/m1/s1. The fourth-order valence-corrected chi connectivity index (χ4v) is 5.18. The predicted octanol–water partition coefficient (Wildman–Crippen LogP) is 2.38. The lowest BCUT2D eigenvalue weighted by Crippen LogP contribution is -2.56. The van der Waals surface area contributed by atoms with E-state index in [9.17, 15) is 4.55 Å². The van der Waals surface area contributed by atoms with Gasteiger partial charge in [0.15, 0.2) is 4.75 Å². The van der Waals surface area contributed by atoms with Gasteiger partial charge in [-0.1, -0.05) is 19.1 Å². The summed E-state index contributed by atoms with van der Waals surface area (Å²) in [5.74, 6) is 0.836. The molecule has 3 nitrogen and oxygen atoms in total. The van der Waals surface area contributed by atoms with Crippen LogP contribution in [0.4, 0.5) is 0 Å². The Kier molecular flexibility index (Phi) is 4.43. The second-order valence-electron chi connectivity index (χ2n) is 5.38. The molecule has 1 fully saturated rings. The van der Waals surface area contributed by atoms with Crippen LogP contribution in [0.25, 0.3) is 0 Å². The zero-order chi connectivity index (χ0) is 14.0. The van der Waals surface area contributed by atoms with Crippen LogP contribution in [0.5, 0.6) is 5.75 Å². The summed E-state index contributed by atoms with van der Waals surface area (Å²) in [7, 11) is 3.78. The Labute approximate surface area is 119 Å². The lowest BCUT2D eigenvalue weighted by molar-refractivity contribution is 0.260. The summed E-state index contributed by atoms with van der Waals surface area (Å²) < 4.78 is 17.9. The molecule has 1 aliphatic rings. The van der Waals surface area contributed by atoms with E-state index < -0.39 is 11.2 Å². The molecule has 0 radical (unpaired) electrons. The SMILES string of the molecule is CC[C@@]1(c2cccc(OC)c2)CN(C)C[C@@H](C)[S@@+]1[O-]. The van der Waals surface area contributed by atoms with Crippen molar-refractivity contribution >= 4 is 11.2 Å².